The van der Waals surface area contributed by atoms with Crippen LogP contribution in [0.1, 0.15) is 44.1 Å². The van der Waals surface area contributed by atoms with Crippen LogP contribution in [0.3, 0.4) is 0 Å². The molecule has 1 aromatic heterocycles. The van der Waals surface area contributed by atoms with Crippen molar-refractivity contribution in [3.63, 3.8) is 0 Å². The fraction of sp³-hybridized carbons (Fsp3) is 0.450. The largest absolute Gasteiger partial charge is 0.468 e. The van der Waals surface area contributed by atoms with Gasteiger partial charge in [0.15, 0.2) is 0 Å². The van der Waals surface area contributed by atoms with Gasteiger partial charge in [-0.05, 0) is 43.6 Å². The summed E-state index contributed by atoms with van der Waals surface area (Å²) in [6.07, 6.45) is 2.99. The summed E-state index contributed by atoms with van der Waals surface area (Å²) in [4.78, 5) is 14.3. The number of rotatable bonds is 8. The first-order valence-electron chi connectivity index (χ1n) is 8.42. The van der Waals surface area contributed by atoms with Gasteiger partial charge in [-0.1, -0.05) is 44.2 Å². The Morgan fingerprint density at radius 2 is 1.88 bits per heavy atom. The van der Waals surface area contributed by atoms with Gasteiger partial charge in [-0.25, -0.2) is 0 Å². The highest BCUT2D eigenvalue weighted by molar-refractivity contribution is 5.76. The molecule has 0 radical (unpaired) electrons. The van der Waals surface area contributed by atoms with Crippen molar-refractivity contribution in [1.82, 2.24) is 10.2 Å². The maximum atomic E-state index is 12.3. The predicted octanol–water partition coefficient (Wildman–Crippen LogP) is 3.76. The van der Waals surface area contributed by atoms with E-state index in [0.29, 0.717) is 13.0 Å². The molecular weight excluding hydrogens is 300 g/mol. The van der Waals surface area contributed by atoms with Crippen LogP contribution in [0.4, 0.5) is 0 Å². The minimum absolute atomic E-state index is 0.0133. The molecule has 1 unspecified atom stereocenters. The third-order valence-corrected chi connectivity index (χ3v) is 4.52. The lowest BCUT2D eigenvalue weighted by molar-refractivity contribution is -0.121. The summed E-state index contributed by atoms with van der Waals surface area (Å²) in [6.45, 7) is 4.91. The summed E-state index contributed by atoms with van der Waals surface area (Å²) in [5, 5.41) is 3.04. The number of furan rings is 1. The Morgan fingerprint density at radius 1 is 1.17 bits per heavy atom. The summed E-state index contributed by atoms with van der Waals surface area (Å²) < 4.78 is 5.47. The molecule has 0 bridgehead atoms. The van der Waals surface area contributed by atoms with Crippen molar-refractivity contribution < 1.29 is 9.21 Å². The van der Waals surface area contributed by atoms with E-state index in [0.717, 1.165) is 12.2 Å². The van der Waals surface area contributed by atoms with Gasteiger partial charge in [0, 0.05) is 13.0 Å². The second kappa shape index (κ2) is 8.15. The van der Waals surface area contributed by atoms with Gasteiger partial charge in [0.2, 0.25) is 5.91 Å². The standard InChI is InChI=1S/C20H28N2O2/c1-20(2,16-9-6-5-7-10-16)13-12-19(23)21-15-17(22(3)4)18-11-8-14-24-18/h5-11,14,17H,12-13,15H2,1-4H3,(H,21,23). The molecule has 130 valence electrons. The first-order valence-corrected chi connectivity index (χ1v) is 8.42. The summed E-state index contributed by atoms with van der Waals surface area (Å²) in [7, 11) is 3.97. The van der Waals surface area contributed by atoms with Crippen LogP contribution in [0.2, 0.25) is 0 Å². The van der Waals surface area contributed by atoms with Gasteiger partial charge in [-0.3, -0.25) is 9.69 Å². The number of carbonyl (C=O) groups excluding carboxylic acids is 1. The molecule has 1 atom stereocenters. The lowest BCUT2D eigenvalue weighted by Crippen LogP contribution is -2.35. The molecule has 0 saturated heterocycles. The Bertz CT molecular complexity index is 618. The second-order valence-electron chi connectivity index (χ2n) is 7.05. The van der Waals surface area contributed by atoms with Crippen LogP contribution in [0, 0.1) is 0 Å². The molecule has 4 nitrogen and oxygen atoms in total. The van der Waals surface area contributed by atoms with Crippen LogP contribution < -0.4 is 5.32 Å². The third-order valence-electron chi connectivity index (χ3n) is 4.52. The summed E-state index contributed by atoms with van der Waals surface area (Å²) in [5.41, 5.74) is 1.25. The zero-order valence-corrected chi connectivity index (χ0v) is 15.1. The van der Waals surface area contributed by atoms with Crippen LogP contribution in [0.25, 0.3) is 0 Å². The Hall–Kier alpha value is -2.07. The maximum absolute atomic E-state index is 12.3. The zero-order chi connectivity index (χ0) is 17.6. The van der Waals surface area contributed by atoms with Gasteiger partial charge >= 0.3 is 0 Å². The van der Waals surface area contributed by atoms with E-state index in [4.69, 9.17) is 4.42 Å². The fourth-order valence-corrected chi connectivity index (χ4v) is 2.78. The molecule has 1 aromatic carbocycles. The number of likely N-dealkylation sites (N-methyl/N-ethyl adjacent to an activating group) is 1. The second-order valence-corrected chi connectivity index (χ2v) is 7.05. The first-order chi connectivity index (χ1) is 11.4. The average Bonchev–Trinajstić information content (AvgIpc) is 3.08. The minimum Gasteiger partial charge on any atom is -0.468 e. The number of nitrogens with zero attached hydrogens (tertiary/aromatic N) is 1. The number of hydrogen-bond donors (Lipinski definition) is 1. The van der Waals surface area contributed by atoms with E-state index < -0.39 is 0 Å². The molecule has 0 aliphatic rings. The van der Waals surface area contributed by atoms with Gasteiger partial charge < -0.3 is 9.73 Å². The average molecular weight is 328 g/mol. The SMILES string of the molecule is CN(C)C(CNC(=O)CCC(C)(C)c1ccccc1)c1ccco1. The van der Waals surface area contributed by atoms with Gasteiger partial charge in [0.25, 0.3) is 0 Å². The van der Waals surface area contributed by atoms with Crippen molar-refractivity contribution in [3.05, 3.63) is 60.1 Å². The van der Waals surface area contributed by atoms with Crippen LogP contribution in [-0.4, -0.2) is 31.4 Å². The molecule has 24 heavy (non-hydrogen) atoms. The van der Waals surface area contributed by atoms with Crippen LogP contribution in [-0.2, 0) is 10.2 Å². The van der Waals surface area contributed by atoms with E-state index in [1.54, 1.807) is 6.26 Å². The molecular formula is C20H28N2O2. The van der Waals surface area contributed by atoms with Crippen LogP contribution in [0.5, 0.6) is 0 Å². The van der Waals surface area contributed by atoms with E-state index in [1.165, 1.54) is 5.56 Å². The number of amides is 1. The minimum atomic E-state index is -0.0133. The van der Waals surface area contributed by atoms with E-state index in [1.807, 2.05) is 49.3 Å². The summed E-state index contributed by atoms with van der Waals surface area (Å²) >= 11 is 0. The fourth-order valence-electron chi connectivity index (χ4n) is 2.78. The van der Waals surface area contributed by atoms with Gasteiger partial charge in [0.1, 0.15) is 5.76 Å². The van der Waals surface area contributed by atoms with Gasteiger partial charge in [-0.2, -0.15) is 0 Å². The Kier molecular flexibility index (Phi) is 6.21. The van der Waals surface area contributed by atoms with Crippen molar-refractivity contribution in [2.24, 2.45) is 0 Å². The monoisotopic (exact) mass is 328 g/mol. The van der Waals surface area contributed by atoms with E-state index >= 15 is 0 Å². The van der Waals surface area contributed by atoms with Crippen molar-refractivity contribution >= 4 is 5.91 Å². The van der Waals surface area contributed by atoms with Crippen molar-refractivity contribution in [3.8, 4) is 0 Å². The van der Waals surface area contributed by atoms with Crippen LogP contribution in [0.15, 0.2) is 53.1 Å². The highest BCUT2D eigenvalue weighted by Gasteiger charge is 2.22. The molecule has 2 aromatic rings. The van der Waals surface area contributed by atoms with Crippen molar-refractivity contribution in [1.29, 1.82) is 0 Å². The molecule has 0 spiro atoms. The van der Waals surface area contributed by atoms with Crippen molar-refractivity contribution in [2.75, 3.05) is 20.6 Å². The van der Waals surface area contributed by atoms with E-state index in [2.05, 4.69) is 31.3 Å². The number of benzene rings is 1. The molecule has 0 saturated carbocycles. The smallest absolute Gasteiger partial charge is 0.220 e. The molecule has 0 aliphatic heterocycles. The zero-order valence-electron chi connectivity index (χ0n) is 15.1. The number of hydrogen-bond acceptors (Lipinski definition) is 3. The molecule has 1 amide bonds. The molecule has 0 fully saturated rings. The molecule has 2 rings (SSSR count). The number of carbonyl (C=O) groups is 1. The first kappa shape index (κ1) is 18.3. The highest BCUT2D eigenvalue weighted by Crippen LogP contribution is 2.28. The maximum Gasteiger partial charge on any atom is 0.220 e. The van der Waals surface area contributed by atoms with Gasteiger partial charge in [0.05, 0.1) is 12.3 Å². The molecule has 1 heterocycles. The normalized spacial score (nSPS) is 13.0. The molecule has 4 heteroatoms. The van der Waals surface area contributed by atoms with Gasteiger partial charge in [-0.15, -0.1) is 0 Å². The quantitative estimate of drug-likeness (QED) is 0.802. The molecule has 1 N–H and O–H groups in total. The summed E-state index contributed by atoms with van der Waals surface area (Å²) in [5.74, 6) is 0.947. The predicted molar refractivity (Wildman–Crippen MR) is 96.8 cm³/mol. The lowest BCUT2D eigenvalue weighted by Gasteiger charge is -2.26. The van der Waals surface area contributed by atoms with Crippen molar-refractivity contribution in [2.45, 2.75) is 38.1 Å². The molecule has 0 aliphatic carbocycles. The van der Waals surface area contributed by atoms with E-state index in [-0.39, 0.29) is 17.4 Å². The summed E-state index contributed by atoms with van der Waals surface area (Å²) in [6, 6.07) is 14.2. The Labute approximate surface area is 144 Å². The topological polar surface area (TPSA) is 45.5 Å². The lowest BCUT2D eigenvalue weighted by atomic mass is 9.80. The Morgan fingerprint density at radius 3 is 2.46 bits per heavy atom. The van der Waals surface area contributed by atoms with E-state index in [9.17, 15) is 4.79 Å². The number of nitrogens with one attached hydrogen (secondary N) is 1. The van der Waals surface area contributed by atoms with Crippen LogP contribution >= 0.6 is 0 Å². The third kappa shape index (κ3) is 4.96. The highest BCUT2D eigenvalue weighted by atomic mass is 16.3. The Balaban J connectivity index is 1.85.